The Morgan fingerprint density at radius 3 is 2.55 bits per heavy atom. The Bertz CT molecular complexity index is 712. The molecule has 1 aromatic carbocycles. The topological polar surface area (TPSA) is 103 Å². The molecular weight excluding hydrogens is 281 g/mol. The highest BCUT2D eigenvalue weighted by molar-refractivity contribution is 5.68. The first kappa shape index (κ1) is 15.8. The van der Waals surface area contributed by atoms with Crippen molar-refractivity contribution in [3.8, 4) is 0 Å². The molecule has 0 aliphatic heterocycles. The van der Waals surface area contributed by atoms with Crippen molar-refractivity contribution in [1.82, 2.24) is 4.98 Å². The number of aromatic nitrogens is 1. The maximum absolute atomic E-state index is 13.9. The summed E-state index contributed by atoms with van der Waals surface area (Å²) in [5, 5.41) is 0. The average molecular weight is 301 g/mol. The minimum Gasteiger partial charge on any atom is -0.395 e. The zero-order valence-corrected chi connectivity index (χ0v) is 12.5. The van der Waals surface area contributed by atoms with Crippen molar-refractivity contribution in [1.29, 1.82) is 0 Å². The van der Waals surface area contributed by atoms with E-state index in [-0.39, 0.29) is 5.82 Å². The van der Waals surface area contributed by atoms with Crippen LogP contribution in [0.2, 0.25) is 0 Å². The van der Waals surface area contributed by atoms with Crippen LogP contribution in [0.15, 0.2) is 30.8 Å². The minimum absolute atomic E-state index is 0.247. The second-order valence-electron chi connectivity index (χ2n) is 5.20. The monoisotopic (exact) mass is 301 g/mol. The summed E-state index contributed by atoms with van der Waals surface area (Å²) >= 11 is 0. The summed E-state index contributed by atoms with van der Waals surface area (Å²) in [4.78, 5) is 3.99. The predicted molar refractivity (Wildman–Crippen MR) is 89.4 cm³/mol. The molecule has 0 bridgehead atoms. The molecule has 1 aromatic heterocycles. The molecule has 0 aliphatic carbocycles. The highest BCUT2D eigenvalue weighted by Gasteiger charge is 2.10. The number of hydrogen-bond donors (Lipinski definition) is 4. The Hall–Kier alpha value is -2.60. The third kappa shape index (κ3) is 3.35. The molecule has 0 aliphatic rings. The molecule has 0 unspecified atom stereocenters. The van der Waals surface area contributed by atoms with Crippen LogP contribution in [0, 0.1) is 5.82 Å². The number of nitrogens with zero attached hydrogens (tertiary/aromatic N) is 1. The van der Waals surface area contributed by atoms with Crippen LogP contribution in [-0.4, -0.2) is 4.98 Å². The number of rotatable bonds is 5. The lowest BCUT2D eigenvalue weighted by Crippen LogP contribution is -2.13. The summed E-state index contributed by atoms with van der Waals surface area (Å²) in [5.74, 6) is 5.75. The van der Waals surface area contributed by atoms with Crippen molar-refractivity contribution in [2.24, 2.45) is 5.84 Å². The highest BCUT2D eigenvalue weighted by Crippen LogP contribution is 2.25. The molecular formula is C16H20FN5. The van der Waals surface area contributed by atoms with E-state index in [9.17, 15) is 4.39 Å². The number of aryl methyl sites for hydroxylation is 2. The zero-order valence-electron chi connectivity index (χ0n) is 12.5. The van der Waals surface area contributed by atoms with Gasteiger partial charge in [-0.1, -0.05) is 18.2 Å². The van der Waals surface area contributed by atoms with Gasteiger partial charge in [-0.2, -0.15) is 0 Å². The Morgan fingerprint density at radius 1 is 1.23 bits per heavy atom. The molecule has 0 saturated carbocycles. The number of nitrogens with two attached hydrogens (primary N) is 3. The van der Waals surface area contributed by atoms with Gasteiger partial charge in [-0.15, -0.1) is 0 Å². The van der Waals surface area contributed by atoms with Gasteiger partial charge in [0.1, 0.15) is 11.6 Å². The third-order valence-corrected chi connectivity index (χ3v) is 3.50. The van der Waals surface area contributed by atoms with Crippen molar-refractivity contribution >= 4 is 22.9 Å². The number of benzene rings is 1. The van der Waals surface area contributed by atoms with E-state index >= 15 is 0 Å². The van der Waals surface area contributed by atoms with E-state index in [2.05, 4.69) is 17.0 Å². The van der Waals surface area contributed by atoms with Gasteiger partial charge in [-0.3, -0.25) is 0 Å². The lowest BCUT2D eigenvalue weighted by atomic mass is 9.99. The Balaban J connectivity index is 2.25. The fourth-order valence-electron chi connectivity index (χ4n) is 2.25. The molecule has 0 fully saturated rings. The molecule has 0 spiro atoms. The molecule has 116 valence electrons. The van der Waals surface area contributed by atoms with Gasteiger partial charge < -0.3 is 16.9 Å². The van der Waals surface area contributed by atoms with Gasteiger partial charge in [0.05, 0.1) is 5.69 Å². The van der Waals surface area contributed by atoms with Crippen LogP contribution >= 0.6 is 0 Å². The molecule has 6 heteroatoms. The van der Waals surface area contributed by atoms with Crippen molar-refractivity contribution in [2.75, 3.05) is 16.9 Å². The largest absolute Gasteiger partial charge is 0.395 e. The van der Waals surface area contributed by atoms with Gasteiger partial charge in [0.25, 0.3) is 0 Å². The van der Waals surface area contributed by atoms with Crippen LogP contribution in [0.1, 0.15) is 23.6 Å². The van der Waals surface area contributed by atoms with Crippen molar-refractivity contribution in [3.05, 3.63) is 53.4 Å². The van der Waals surface area contributed by atoms with E-state index in [4.69, 9.17) is 17.3 Å². The summed E-state index contributed by atoms with van der Waals surface area (Å²) in [6.45, 7) is 5.76. The number of nitrogen functional groups attached to an aromatic ring is 3. The maximum atomic E-state index is 13.9. The molecule has 0 radical (unpaired) electrons. The summed E-state index contributed by atoms with van der Waals surface area (Å²) in [7, 11) is 0. The Labute approximate surface area is 129 Å². The van der Waals surface area contributed by atoms with E-state index in [1.54, 1.807) is 18.2 Å². The second-order valence-corrected chi connectivity index (χ2v) is 5.20. The van der Waals surface area contributed by atoms with Gasteiger partial charge in [-0.05, 0) is 54.7 Å². The van der Waals surface area contributed by atoms with Crippen molar-refractivity contribution in [3.63, 3.8) is 0 Å². The van der Waals surface area contributed by atoms with E-state index in [1.807, 2.05) is 6.92 Å². The van der Waals surface area contributed by atoms with E-state index in [1.165, 1.54) is 6.07 Å². The van der Waals surface area contributed by atoms with Crippen LogP contribution in [-0.2, 0) is 12.8 Å². The fourth-order valence-corrected chi connectivity index (χ4v) is 2.25. The van der Waals surface area contributed by atoms with Gasteiger partial charge in [0.15, 0.2) is 5.82 Å². The molecule has 5 nitrogen and oxygen atoms in total. The summed E-state index contributed by atoms with van der Waals surface area (Å²) in [5.41, 5.74) is 17.7. The van der Waals surface area contributed by atoms with E-state index in [0.29, 0.717) is 35.7 Å². The minimum atomic E-state index is -0.247. The van der Waals surface area contributed by atoms with E-state index < -0.39 is 0 Å². The first-order chi connectivity index (χ1) is 10.4. The zero-order chi connectivity index (χ0) is 16.3. The quantitative estimate of drug-likeness (QED) is 0.502. The molecule has 22 heavy (non-hydrogen) atoms. The standard InChI is InChI=1S/C16H20FN5/c1-9(2)10-5-6-13(17)11(7-10)3-4-12-8-14(18)21-16(22-20)15(12)19/h5-8H,1,3-4,19-20H2,2H3,(H3,18,21,22). The number of nitrogens with one attached hydrogen (secondary N) is 1. The summed E-state index contributed by atoms with van der Waals surface area (Å²) in [6, 6.07) is 6.66. The lowest BCUT2D eigenvalue weighted by molar-refractivity contribution is 0.608. The highest BCUT2D eigenvalue weighted by atomic mass is 19.1. The fraction of sp³-hybridized carbons (Fsp3) is 0.188. The Morgan fingerprint density at radius 2 is 1.91 bits per heavy atom. The summed E-state index contributed by atoms with van der Waals surface area (Å²) < 4.78 is 13.9. The third-order valence-electron chi connectivity index (χ3n) is 3.50. The normalized spacial score (nSPS) is 10.5. The first-order valence-corrected chi connectivity index (χ1v) is 6.88. The molecule has 1 heterocycles. The molecule has 2 rings (SSSR count). The molecule has 0 saturated heterocycles. The van der Waals surface area contributed by atoms with Gasteiger partial charge in [-0.25, -0.2) is 15.2 Å². The second kappa shape index (κ2) is 6.44. The van der Waals surface area contributed by atoms with Crippen LogP contribution in [0.25, 0.3) is 5.57 Å². The molecule has 2 aromatic rings. The number of halogens is 1. The predicted octanol–water partition coefficient (Wildman–Crippen LogP) is 2.49. The maximum Gasteiger partial charge on any atom is 0.165 e. The number of pyridine rings is 1. The molecule has 0 amide bonds. The average Bonchev–Trinajstić information content (AvgIpc) is 2.48. The van der Waals surface area contributed by atoms with Gasteiger partial charge in [0, 0.05) is 0 Å². The van der Waals surface area contributed by atoms with Crippen LogP contribution < -0.4 is 22.7 Å². The van der Waals surface area contributed by atoms with Crippen LogP contribution in [0.4, 0.5) is 21.7 Å². The Kier molecular flexibility index (Phi) is 4.62. The number of anilines is 3. The lowest BCUT2D eigenvalue weighted by Gasteiger charge is -2.12. The number of allylic oxidation sites excluding steroid dienone is 1. The molecule has 0 atom stereocenters. The van der Waals surface area contributed by atoms with Crippen molar-refractivity contribution < 1.29 is 4.39 Å². The number of hydrogen-bond acceptors (Lipinski definition) is 5. The smallest absolute Gasteiger partial charge is 0.165 e. The summed E-state index contributed by atoms with van der Waals surface area (Å²) in [6.07, 6.45) is 1.02. The van der Waals surface area contributed by atoms with Gasteiger partial charge in [0.2, 0.25) is 0 Å². The first-order valence-electron chi connectivity index (χ1n) is 6.88. The SMILES string of the molecule is C=C(C)c1ccc(F)c(CCc2cc(N)nc(NN)c2N)c1. The van der Waals surface area contributed by atoms with E-state index in [0.717, 1.165) is 16.7 Å². The van der Waals surface area contributed by atoms with Gasteiger partial charge >= 0.3 is 0 Å². The van der Waals surface area contributed by atoms with Crippen LogP contribution in [0.5, 0.6) is 0 Å². The molecule has 7 N–H and O–H groups in total. The van der Waals surface area contributed by atoms with Crippen molar-refractivity contribution in [2.45, 2.75) is 19.8 Å². The van der Waals surface area contributed by atoms with Crippen LogP contribution in [0.3, 0.4) is 0 Å². The number of hydrazine groups is 1.